The Balaban J connectivity index is 1.81. The van der Waals surface area contributed by atoms with Crippen LogP contribution in [0.4, 0.5) is 24.7 Å². The van der Waals surface area contributed by atoms with E-state index in [-0.39, 0.29) is 11.7 Å². The zero-order valence-electron chi connectivity index (χ0n) is 13.5. The van der Waals surface area contributed by atoms with Crippen molar-refractivity contribution in [1.29, 1.82) is 0 Å². The van der Waals surface area contributed by atoms with Crippen molar-refractivity contribution in [3.05, 3.63) is 42.4 Å². The predicted molar refractivity (Wildman–Crippen MR) is 84.8 cm³/mol. The van der Waals surface area contributed by atoms with Gasteiger partial charge in [-0.25, -0.2) is 9.97 Å². The molecule has 1 aliphatic carbocycles. The van der Waals surface area contributed by atoms with Crippen molar-refractivity contribution < 1.29 is 22.7 Å². The first-order valence-electron chi connectivity index (χ1n) is 7.77. The molecule has 0 spiro atoms. The van der Waals surface area contributed by atoms with Gasteiger partial charge in [0.1, 0.15) is 17.4 Å². The van der Waals surface area contributed by atoms with Gasteiger partial charge in [-0.1, -0.05) is 0 Å². The number of hydrogen-bond acceptors (Lipinski definition) is 4. The Labute approximate surface area is 142 Å². The van der Waals surface area contributed by atoms with Crippen molar-refractivity contribution in [2.24, 2.45) is 0 Å². The van der Waals surface area contributed by atoms with Crippen molar-refractivity contribution in [3.8, 4) is 5.75 Å². The molecule has 1 saturated carbocycles. The molecule has 0 atom stereocenters. The Morgan fingerprint density at radius 3 is 2.48 bits per heavy atom. The number of carbonyl (C=O) groups is 1. The van der Waals surface area contributed by atoms with Gasteiger partial charge in [0.15, 0.2) is 6.61 Å². The second-order valence-electron chi connectivity index (χ2n) is 5.80. The van der Waals surface area contributed by atoms with E-state index in [4.69, 9.17) is 0 Å². The van der Waals surface area contributed by atoms with Crippen LogP contribution < -0.4 is 9.64 Å². The SMILES string of the molecule is CC(=O)N(c1ccc(OCC(F)(F)F)cc1)c1ccnc(C2CC2)n1. The average molecular weight is 351 g/mol. The number of aromatic nitrogens is 2. The van der Waals surface area contributed by atoms with E-state index >= 15 is 0 Å². The summed E-state index contributed by atoms with van der Waals surface area (Å²) < 4.78 is 41.3. The van der Waals surface area contributed by atoms with Gasteiger partial charge in [0.2, 0.25) is 5.91 Å². The standard InChI is InChI=1S/C17H16F3N3O2/c1-11(24)23(15-8-9-21-16(22-15)12-2-3-12)13-4-6-14(7-5-13)25-10-17(18,19)20/h4-9,12H,2-3,10H2,1H3. The summed E-state index contributed by atoms with van der Waals surface area (Å²) in [5, 5.41) is 0. The van der Waals surface area contributed by atoms with E-state index < -0.39 is 12.8 Å². The second kappa shape index (κ2) is 6.70. The first kappa shape index (κ1) is 17.2. The molecule has 1 heterocycles. The third-order valence-electron chi connectivity index (χ3n) is 3.64. The highest BCUT2D eigenvalue weighted by Crippen LogP contribution is 2.38. The maximum atomic E-state index is 12.2. The van der Waals surface area contributed by atoms with Crippen LogP contribution in [-0.4, -0.2) is 28.7 Å². The zero-order chi connectivity index (χ0) is 18.0. The molecule has 0 unspecified atom stereocenters. The van der Waals surface area contributed by atoms with Crippen molar-refractivity contribution in [2.75, 3.05) is 11.5 Å². The van der Waals surface area contributed by atoms with E-state index in [1.54, 1.807) is 12.3 Å². The number of hydrogen-bond donors (Lipinski definition) is 0. The minimum Gasteiger partial charge on any atom is -0.484 e. The van der Waals surface area contributed by atoms with Crippen LogP contribution in [-0.2, 0) is 4.79 Å². The Morgan fingerprint density at radius 2 is 1.92 bits per heavy atom. The van der Waals surface area contributed by atoms with E-state index in [0.717, 1.165) is 12.8 Å². The number of alkyl halides is 3. The van der Waals surface area contributed by atoms with Gasteiger partial charge < -0.3 is 4.74 Å². The van der Waals surface area contributed by atoms with Crippen LogP contribution >= 0.6 is 0 Å². The highest BCUT2D eigenvalue weighted by Gasteiger charge is 2.29. The minimum absolute atomic E-state index is 0.0749. The van der Waals surface area contributed by atoms with E-state index in [9.17, 15) is 18.0 Å². The molecular formula is C17H16F3N3O2. The molecule has 0 radical (unpaired) electrons. The lowest BCUT2D eigenvalue weighted by atomic mass is 10.2. The van der Waals surface area contributed by atoms with Crippen molar-refractivity contribution >= 4 is 17.4 Å². The van der Waals surface area contributed by atoms with E-state index in [2.05, 4.69) is 14.7 Å². The minimum atomic E-state index is -4.40. The molecule has 0 bridgehead atoms. The third kappa shape index (κ3) is 4.46. The Bertz CT molecular complexity index is 758. The number of amides is 1. The van der Waals surface area contributed by atoms with Gasteiger partial charge in [0.05, 0.1) is 5.69 Å². The average Bonchev–Trinajstić information content (AvgIpc) is 3.38. The molecule has 1 fully saturated rings. The molecule has 5 nitrogen and oxygen atoms in total. The van der Waals surface area contributed by atoms with Crippen molar-refractivity contribution in [1.82, 2.24) is 9.97 Å². The molecule has 0 saturated heterocycles. The number of rotatable bonds is 5. The summed E-state index contributed by atoms with van der Waals surface area (Å²) in [4.78, 5) is 22.1. The van der Waals surface area contributed by atoms with Gasteiger partial charge in [-0.3, -0.25) is 9.69 Å². The zero-order valence-corrected chi connectivity index (χ0v) is 13.5. The van der Waals surface area contributed by atoms with Gasteiger partial charge in [0, 0.05) is 19.0 Å². The van der Waals surface area contributed by atoms with E-state index in [0.29, 0.717) is 23.2 Å². The molecule has 25 heavy (non-hydrogen) atoms. The van der Waals surface area contributed by atoms with E-state index in [1.807, 2.05) is 0 Å². The lowest BCUT2D eigenvalue weighted by molar-refractivity contribution is -0.153. The molecule has 2 aromatic rings. The normalized spacial score (nSPS) is 14.2. The fraction of sp³-hybridized carbons (Fsp3) is 0.353. The number of nitrogens with zero attached hydrogens (tertiary/aromatic N) is 3. The molecule has 1 aliphatic rings. The molecule has 132 valence electrons. The number of anilines is 2. The lowest BCUT2D eigenvalue weighted by Crippen LogP contribution is -2.24. The highest BCUT2D eigenvalue weighted by atomic mass is 19.4. The summed E-state index contributed by atoms with van der Waals surface area (Å²) in [6, 6.07) is 7.44. The van der Waals surface area contributed by atoms with Gasteiger partial charge in [-0.05, 0) is 43.2 Å². The van der Waals surface area contributed by atoms with E-state index in [1.165, 1.54) is 36.1 Å². The van der Waals surface area contributed by atoms with Crippen LogP contribution in [0.15, 0.2) is 36.5 Å². The molecule has 1 aromatic heterocycles. The quantitative estimate of drug-likeness (QED) is 0.818. The number of carbonyl (C=O) groups excluding carboxylic acids is 1. The first-order valence-corrected chi connectivity index (χ1v) is 7.77. The molecule has 1 aromatic carbocycles. The Kier molecular flexibility index (Phi) is 4.61. The van der Waals surface area contributed by atoms with Crippen molar-refractivity contribution in [3.63, 3.8) is 0 Å². The van der Waals surface area contributed by atoms with Gasteiger partial charge in [-0.15, -0.1) is 0 Å². The summed E-state index contributed by atoms with van der Waals surface area (Å²) in [6.07, 6.45) is -0.722. The molecule has 8 heteroatoms. The maximum Gasteiger partial charge on any atom is 0.422 e. The van der Waals surface area contributed by atoms with Crippen LogP contribution in [0.25, 0.3) is 0 Å². The Hall–Kier alpha value is -2.64. The van der Waals surface area contributed by atoms with Crippen LogP contribution in [0.1, 0.15) is 31.5 Å². The van der Waals surface area contributed by atoms with Crippen LogP contribution in [0.3, 0.4) is 0 Å². The number of ether oxygens (including phenoxy) is 1. The molecule has 0 aliphatic heterocycles. The van der Waals surface area contributed by atoms with Crippen LogP contribution in [0, 0.1) is 0 Å². The summed E-state index contributed by atoms with van der Waals surface area (Å²) in [7, 11) is 0. The molecule has 0 N–H and O–H groups in total. The van der Waals surface area contributed by atoms with Crippen LogP contribution in [0.2, 0.25) is 0 Å². The highest BCUT2D eigenvalue weighted by molar-refractivity contribution is 5.98. The fourth-order valence-electron chi connectivity index (χ4n) is 2.36. The fourth-order valence-corrected chi connectivity index (χ4v) is 2.36. The topological polar surface area (TPSA) is 55.3 Å². The first-order chi connectivity index (χ1) is 11.8. The molecular weight excluding hydrogens is 335 g/mol. The summed E-state index contributed by atoms with van der Waals surface area (Å²) in [5.74, 6) is 1.30. The van der Waals surface area contributed by atoms with Gasteiger partial charge in [0.25, 0.3) is 0 Å². The smallest absolute Gasteiger partial charge is 0.422 e. The summed E-state index contributed by atoms with van der Waals surface area (Å²) in [6.45, 7) is 0.0341. The second-order valence-corrected chi connectivity index (χ2v) is 5.80. The van der Waals surface area contributed by atoms with Gasteiger partial charge >= 0.3 is 6.18 Å². The molecule has 1 amide bonds. The van der Waals surface area contributed by atoms with Gasteiger partial charge in [-0.2, -0.15) is 13.2 Å². The number of halogens is 3. The summed E-state index contributed by atoms with van der Waals surface area (Å²) >= 11 is 0. The molecule has 3 rings (SSSR count). The third-order valence-corrected chi connectivity index (χ3v) is 3.64. The predicted octanol–water partition coefficient (Wildman–Crippen LogP) is 3.98. The van der Waals surface area contributed by atoms with Crippen molar-refractivity contribution in [2.45, 2.75) is 31.9 Å². The van der Waals surface area contributed by atoms with Crippen LogP contribution in [0.5, 0.6) is 5.75 Å². The largest absolute Gasteiger partial charge is 0.484 e. The number of benzene rings is 1. The monoisotopic (exact) mass is 351 g/mol. The summed E-state index contributed by atoms with van der Waals surface area (Å²) in [5.41, 5.74) is 0.493. The lowest BCUT2D eigenvalue weighted by Gasteiger charge is -2.21. The maximum absolute atomic E-state index is 12.2. The Morgan fingerprint density at radius 1 is 1.24 bits per heavy atom.